The van der Waals surface area contributed by atoms with E-state index < -0.39 is 18.5 Å². The van der Waals surface area contributed by atoms with Gasteiger partial charge >= 0.3 is 7.12 Å². The first-order valence-corrected chi connectivity index (χ1v) is 8.71. The molecule has 0 aliphatic carbocycles. The van der Waals surface area contributed by atoms with Gasteiger partial charge < -0.3 is 10.0 Å². The third-order valence-electron chi connectivity index (χ3n) is 4.61. The molecule has 0 radical (unpaired) electrons. The fourth-order valence-electron chi connectivity index (χ4n) is 3.10. The van der Waals surface area contributed by atoms with Crippen molar-refractivity contribution in [3.63, 3.8) is 0 Å². The van der Waals surface area contributed by atoms with Crippen LogP contribution in [-0.2, 0) is 11.8 Å². The molecule has 0 atom stereocenters. The Hall–Kier alpha value is -2.58. The molecule has 0 saturated carbocycles. The predicted octanol–water partition coefficient (Wildman–Crippen LogP) is 1.46. The fraction of sp³-hybridized carbons (Fsp3) is 0.316. The third kappa shape index (κ3) is 3.38. The van der Waals surface area contributed by atoms with E-state index in [1.165, 1.54) is 24.5 Å². The molecule has 0 saturated heterocycles. The molecule has 0 amide bonds. The number of fused-ring (bicyclic) bond motifs is 1. The van der Waals surface area contributed by atoms with E-state index in [2.05, 4.69) is 10.1 Å². The van der Waals surface area contributed by atoms with Gasteiger partial charge in [0.15, 0.2) is 5.82 Å². The summed E-state index contributed by atoms with van der Waals surface area (Å²) in [7, 11) is -1.70. The zero-order valence-electron chi connectivity index (χ0n) is 15.7. The van der Waals surface area contributed by atoms with Gasteiger partial charge in [0.05, 0.1) is 11.6 Å². The smallest absolute Gasteiger partial charge is 0.423 e. The molecule has 6 nitrogen and oxygen atoms in total. The molecule has 0 aliphatic rings. The lowest BCUT2D eigenvalue weighted by atomic mass is 9.77. The second kappa shape index (κ2) is 6.86. The number of benzene rings is 1. The van der Waals surface area contributed by atoms with Gasteiger partial charge in [0.25, 0.3) is 5.56 Å². The minimum atomic E-state index is -1.70. The van der Waals surface area contributed by atoms with Crippen LogP contribution in [0.3, 0.4) is 0 Å². The standard InChI is InChI=1S/C19H21BFN3O3/c1-5-13-14(20(26)27)6-7-22-17(13)24-18(25)16-11(10-23-24)8-12(9-15(16)21)19(2,3)4/h6-10,26-27H,5H2,1-4H3. The summed E-state index contributed by atoms with van der Waals surface area (Å²) in [5.41, 5.74) is 0.557. The lowest BCUT2D eigenvalue weighted by molar-refractivity contribution is 0.425. The van der Waals surface area contributed by atoms with Crippen LogP contribution in [-0.4, -0.2) is 31.9 Å². The Kier molecular flexibility index (Phi) is 4.88. The van der Waals surface area contributed by atoms with Crippen LogP contribution in [0.15, 0.2) is 35.4 Å². The molecular formula is C19H21BFN3O3. The van der Waals surface area contributed by atoms with Gasteiger partial charge in [0.1, 0.15) is 5.82 Å². The first kappa shape index (κ1) is 19.2. The number of rotatable bonds is 3. The second-order valence-electron chi connectivity index (χ2n) is 7.46. The van der Waals surface area contributed by atoms with E-state index in [0.717, 1.165) is 10.2 Å². The van der Waals surface area contributed by atoms with Crippen LogP contribution >= 0.6 is 0 Å². The average molecular weight is 369 g/mol. The lowest BCUT2D eigenvalue weighted by Gasteiger charge is -2.20. The largest absolute Gasteiger partial charge is 0.488 e. The molecule has 2 aromatic heterocycles. The predicted molar refractivity (Wildman–Crippen MR) is 103 cm³/mol. The molecule has 0 spiro atoms. The quantitative estimate of drug-likeness (QED) is 0.683. The summed E-state index contributed by atoms with van der Waals surface area (Å²) in [6.45, 7) is 7.69. The van der Waals surface area contributed by atoms with Crippen LogP contribution in [0.1, 0.15) is 38.8 Å². The zero-order valence-corrected chi connectivity index (χ0v) is 15.7. The van der Waals surface area contributed by atoms with E-state index in [-0.39, 0.29) is 22.1 Å². The summed E-state index contributed by atoms with van der Waals surface area (Å²) >= 11 is 0. The van der Waals surface area contributed by atoms with Crippen molar-refractivity contribution in [2.75, 3.05) is 0 Å². The third-order valence-corrected chi connectivity index (χ3v) is 4.61. The van der Waals surface area contributed by atoms with Crippen molar-refractivity contribution in [1.82, 2.24) is 14.8 Å². The zero-order chi connectivity index (χ0) is 19.9. The molecule has 0 bridgehead atoms. The van der Waals surface area contributed by atoms with Crippen molar-refractivity contribution < 1.29 is 14.4 Å². The van der Waals surface area contributed by atoms with Crippen LogP contribution in [0.5, 0.6) is 0 Å². The van der Waals surface area contributed by atoms with Crippen molar-refractivity contribution in [3.8, 4) is 5.82 Å². The van der Waals surface area contributed by atoms with Gasteiger partial charge in [0.2, 0.25) is 0 Å². The van der Waals surface area contributed by atoms with Gasteiger partial charge in [-0.25, -0.2) is 9.37 Å². The summed E-state index contributed by atoms with van der Waals surface area (Å²) in [5, 5.41) is 23.6. The Morgan fingerprint density at radius 1 is 1.26 bits per heavy atom. The second-order valence-corrected chi connectivity index (χ2v) is 7.46. The maximum absolute atomic E-state index is 14.8. The number of aromatic nitrogens is 3. The Balaban J connectivity index is 2.30. The normalized spacial score (nSPS) is 11.8. The van der Waals surface area contributed by atoms with Crippen LogP contribution in [0.25, 0.3) is 16.6 Å². The molecule has 27 heavy (non-hydrogen) atoms. The maximum Gasteiger partial charge on any atom is 0.488 e. The number of hydrogen-bond acceptors (Lipinski definition) is 5. The topological polar surface area (TPSA) is 88.2 Å². The first-order chi connectivity index (χ1) is 12.6. The minimum absolute atomic E-state index is 0.0724. The van der Waals surface area contributed by atoms with Crippen molar-refractivity contribution >= 4 is 23.4 Å². The summed E-state index contributed by atoms with van der Waals surface area (Å²) in [6, 6.07) is 4.60. The van der Waals surface area contributed by atoms with Gasteiger partial charge in [-0.3, -0.25) is 4.79 Å². The molecule has 3 rings (SSSR count). The highest BCUT2D eigenvalue weighted by Gasteiger charge is 2.22. The van der Waals surface area contributed by atoms with E-state index in [0.29, 0.717) is 17.4 Å². The molecular weight excluding hydrogens is 348 g/mol. The van der Waals surface area contributed by atoms with Gasteiger partial charge in [0, 0.05) is 11.6 Å². The highest BCUT2D eigenvalue weighted by atomic mass is 19.1. The van der Waals surface area contributed by atoms with Gasteiger partial charge in [-0.05, 0) is 46.6 Å². The van der Waals surface area contributed by atoms with E-state index >= 15 is 0 Å². The van der Waals surface area contributed by atoms with Crippen molar-refractivity contribution in [1.29, 1.82) is 0 Å². The molecule has 1 aromatic carbocycles. The molecule has 2 N–H and O–H groups in total. The Bertz CT molecular complexity index is 1070. The molecule has 2 heterocycles. The summed E-state index contributed by atoms with van der Waals surface area (Å²) < 4.78 is 15.8. The molecule has 8 heteroatoms. The number of halogens is 1. The molecule has 0 aliphatic heterocycles. The molecule has 0 fully saturated rings. The van der Waals surface area contributed by atoms with Crippen molar-refractivity contribution in [2.45, 2.75) is 39.5 Å². The van der Waals surface area contributed by atoms with Gasteiger partial charge in [-0.2, -0.15) is 9.78 Å². The van der Waals surface area contributed by atoms with Crippen LogP contribution < -0.4 is 11.0 Å². The number of hydrogen-bond donors (Lipinski definition) is 2. The average Bonchev–Trinajstić information content (AvgIpc) is 2.60. The monoisotopic (exact) mass is 369 g/mol. The highest BCUT2D eigenvalue weighted by Crippen LogP contribution is 2.26. The van der Waals surface area contributed by atoms with Gasteiger partial charge in [-0.1, -0.05) is 27.7 Å². The van der Waals surface area contributed by atoms with E-state index in [4.69, 9.17) is 0 Å². The molecule has 3 aromatic rings. The van der Waals surface area contributed by atoms with Gasteiger partial charge in [-0.15, -0.1) is 0 Å². The van der Waals surface area contributed by atoms with Crippen LogP contribution in [0, 0.1) is 5.82 Å². The molecule has 0 unspecified atom stereocenters. The SMILES string of the molecule is CCc1c(B(O)O)ccnc1-n1ncc2cc(C(C)(C)C)cc(F)c2c1=O. The first-order valence-electron chi connectivity index (χ1n) is 8.71. The minimum Gasteiger partial charge on any atom is -0.423 e. The van der Waals surface area contributed by atoms with E-state index in [9.17, 15) is 19.2 Å². The maximum atomic E-state index is 14.8. The number of pyridine rings is 1. The number of nitrogens with zero attached hydrogens (tertiary/aromatic N) is 3. The van der Waals surface area contributed by atoms with Crippen LogP contribution in [0.2, 0.25) is 0 Å². The summed E-state index contributed by atoms with van der Waals surface area (Å²) in [4.78, 5) is 17.1. The van der Waals surface area contributed by atoms with Crippen LogP contribution in [0.4, 0.5) is 4.39 Å². The Morgan fingerprint density at radius 2 is 1.96 bits per heavy atom. The Labute approximate surface area is 156 Å². The van der Waals surface area contributed by atoms with E-state index in [1.54, 1.807) is 13.0 Å². The summed E-state index contributed by atoms with van der Waals surface area (Å²) in [5.74, 6) is -0.454. The summed E-state index contributed by atoms with van der Waals surface area (Å²) in [6.07, 6.45) is 3.19. The Morgan fingerprint density at radius 3 is 2.56 bits per heavy atom. The molecule has 140 valence electrons. The highest BCUT2D eigenvalue weighted by molar-refractivity contribution is 6.59. The van der Waals surface area contributed by atoms with E-state index in [1.807, 2.05) is 20.8 Å². The van der Waals surface area contributed by atoms with Crippen molar-refractivity contribution in [2.24, 2.45) is 0 Å². The lowest BCUT2D eigenvalue weighted by Crippen LogP contribution is -2.35. The fourth-order valence-corrected chi connectivity index (χ4v) is 3.10. The van der Waals surface area contributed by atoms with Crippen molar-refractivity contribution in [3.05, 3.63) is 57.9 Å².